The Balaban J connectivity index is 1.21. The summed E-state index contributed by atoms with van der Waals surface area (Å²) in [6.07, 6.45) is -0.387. The summed E-state index contributed by atoms with van der Waals surface area (Å²) < 4.78 is 7.58. The number of nitrogens with one attached hydrogen (secondary N) is 2. The van der Waals surface area contributed by atoms with Crippen LogP contribution in [0.1, 0.15) is 49.9 Å². The van der Waals surface area contributed by atoms with Crippen molar-refractivity contribution in [2.45, 2.75) is 32.5 Å². The number of likely N-dealkylation sites (N-methyl/N-ethyl adjacent to an activating group) is 1. The number of carbonyl (C=O) groups excluding carboxylic acids is 3. The summed E-state index contributed by atoms with van der Waals surface area (Å²) in [7, 11) is 1.98. The normalized spacial score (nSPS) is 16.7. The fourth-order valence-corrected chi connectivity index (χ4v) is 6.82. The number of carbonyl (C=O) groups is 3. The number of thiazole rings is 1. The van der Waals surface area contributed by atoms with Crippen molar-refractivity contribution in [3.05, 3.63) is 113 Å². The van der Waals surface area contributed by atoms with Crippen molar-refractivity contribution in [1.82, 2.24) is 14.8 Å². The molecule has 1 aromatic heterocycles. The second-order valence-corrected chi connectivity index (χ2v) is 13.7. The summed E-state index contributed by atoms with van der Waals surface area (Å²) in [6, 6.07) is 26.7. The number of nitrogen functional groups attached to an aromatic ring is 1. The first-order valence-electron chi connectivity index (χ1n) is 16.4. The Kier molecular flexibility index (Phi) is 10.4. The number of hydrogen-bond acceptors (Lipinski definition) is 9. The molecule has 2 heterocycles. The third kappa shape index (κ3) is 7.62. The van der Waals surface area contributed by atoms with E-state index in [0.717, 1.165) is 15.8 Å². The Bertz CT molecular complexity index is 1980. The van der Waals surface area contributed by atoms with Crippen LogP contribution in [0.2, 0.25) is 0 Å². The Morgan fingerprint density at radius 2 is 1.70 bits per heavy atom. The van der Waals surface area contributed by atoms with Crippen LogP contribution in [0.4, 0.5) is 17.1 Å². The molecule has 5 N–H and O–H groups in total. The van der Waals surface area contributed by atoms with Gasteiger partial charge in [-0.25, -0.2) is 4.98 Å². The summed E-state index contributed by atoms with van der Waals surface area (Å²) in [6.45, 7) is 5.06. The van der Waals surface area contributed by atoms with Crippen LogP contribution < -0.4 is 21.1 Å². The number of aliphatic hydroxyl groups excluding tert-OH is 1. The quantitative estimate of drug-likeness (QED) is 0.136. The van der Waals surface area contributed by atoms with E-state index >= 15 is 0 Å². The van der Waals surface area contributed by atoms with Gasteiger partial charge < -0.3 is 31.1 Å². The molecule has 4 aromatic carbocycles. The number of amides is 3. The van der Waals surface area contributed by atoms with Crippen molar-refractivity contribution >= 4 is 56.3 Å². The lowest BCUT2D eigenvalue weighted by atomic mass is 9.98. The van der Waals surface area contributed by atoms with Gasteiger partial charge in [0.25, 0.3) is 17.7 Å². The monoisotopic (exact) mass is 692 g/mol. The van der Waals surface area contributed by atoms with E-state index in [0.29, 0.717) is 52.8 Å². The predicted octanol–water partition coefficient (Wildman–Crippen LogP) is 5.74. The highest BCUT2D eigenvalue weighted by atomic mass is 32.1. The summed E-state index contributed by atoms with van der Waals surface area (Å²) >= 11 is 1.29. The van der Waals surface area contributed by atoms with Crippen molar-refractivity contribution in [2.24, 2.45) is 5.92 Å². The summed E-state index contributed by atoms with van der Waals surface area (Å²) in [5.74, 6) is -0.783. The molecule has 1 aliphatic rings. The average Bonchev–Trinajstić information content (AvgIpc) is 3.56. The van der Waals surface area contributed by atoms with E-state index in [1.165, 1.54) is 11.3 Å². The van der Waals surface area contributed by atoms with Gasteiger partial charge in [-0.15, -0.1) is 11.3 Å². The van der Waals surface area contributed by atoms with Gasteiger partial charge >= 0.3 is 0 Å². The van der Waals surface area contributed by atoms with E-state index in [-0.39, 0.29) is 36.2 Å². The number of ether oxygens (including phenoxy) is 1. The van der Waals surface area contributed by atoms with E-state index in [1.54, 1.807) is 47.4 Å². The topological polar surface area (TPSA) is 150 Å². The first-order valence-corrected chi connectivity index (χ1v) is 17.2. The molecule has 0 spiro atoms. The second kappa shape index (κ2) is 15.1. The van der Waals surface area contributed by atoms with E-state index in [9.17, 15) is 19.5 Å². The van der Waals surface area contributed by atoms with E-state index in [4.69, 9.17) is 10.5 Å². The number of hydrogen-bond donors (Lipinski definition) is 4. The maximum Gasteiger partial charge on any atom is 0.284 e. The predicted molar refractivity (Wildman–Crippen MR) is 197 cm³/mol. The number of aliphatic hydroxyl groups is 1. The first kappa shape index (κ1) is 34.6. The molecule has 6 rings (SSSR count). The number of fused-ring (bicyclic) bond motifs is 2. The minimum Gasteiger partial charge on any atom is -0.486 e. The maximum atomic E-state index is 13.9. The fraction of sp³-hybridized carbons (Fsp3) is 0.263. The number of nitrogens with zero attached hydrogens (tertiary/aromatic N) is 3. The lowest BCUT2D eigenvalue weighted by Crippen LogP contribution is -2.49. The lowest BCUT2D eigenvalue weighted by Gasteiger charge is -2.38. The number of anilines is 3. The molecule has 1 aliphatic heterocycles. The van der Waals surface area contributed by atoms with Crippen molar-refractivity contribution in [1.29, 1.82) is 0 Å². The molecule has 0 saturated carbocycles. The highest BCUT2D eigenvalue weighted by molar-refractivity contribution is 7.20. The van der Waals surface area contributed by atoms with Crippen LogP contribution in [0.15, 0.2) is 91.0 Å². The molecule has 50 heavy (non-hydrogen) atoms. The SMILES string of the molecule is C[C@@H]1CN([C@@H](C)CO)C(=O)c2cccc(NC(=O)c3nc4ccccc4s3)c2O[C@H]1CN(C)Cc1ccc(C(=O)Nc2ccccc2N)cc1. The van der Waals surface area contributed by atoms with Gasteiger partial charge in [0.2, 0.25) is 0 Å². The third-order valence-corrected chi connectivity index (χ3v) is 9.83. The van der Waals surface area contributed by atoms with Gasteiger partial charge in [-0.2, -0.15) is 0 Å². The van der Waals surface area contributed by atoms with Crippen molar-refractivity contribution < 1.29 is 24.2 Å². The second-order valence-electron chi connectivity index (χ2n) is 12.7. The molecule has 12 heteroatoms. The number of nitrogens with two attached hydrogens (primary N) is 1. The Morgan fingerprint density at radius 1 is 1.00 bits per heavy atom. The number of aromatic nitrogens is 1. The average molecular weight is 693 g/mol. The molecular formula is C38H40N6O5S. The Morgan fingerprint density at radius 3 is 2.44 bits per heavy atom. The van der Waals surface area contributed by atoms with Crippen LogP contribution in [-0.4, -0.2) is 76.5 Å². The highest BCUT2D eigenvalue weighted by Crippen LogP contribution is 2.36. The molecule has 5 aromatic rings. The zero-order chi connectivity index (χ0) is 35.4. The largest absolute Gasteiger partial charge is 0.486 e. The highest BCUT2D eigenvalue weighted by Gasteiger charge is 2.35. The molecule has 0 aliphatic carbocycles. The third-order valence-electron chi connectivity index (χ3n) is 8.80. The number of para-hydroxylation sites is 4. The minimum atomic E-state index is -0.427. The van der Waals surface area contributed by atoms with E-state index in [1.807, 2.05) is 69.4 Å². The molecule has 11 nitrogen and oxygen atoms in total. The van der Waals surface area contributed by atoms with E-state index < -0.39 is 11.9 Å². The van der Waals surface area contributed by atoms with Gasteiger partial charge in [-0.1, -0.05) is 49.4 Å². The minimum absolute atomic E-state index is 0.131. The zero-order valence-corrected chi connectivity index (χ0v) is 28.9. The van der Waals surface area contributed by atoms with Crippen molar-refractivity contribution in [2.75, 3.05) is 43.1 Å². The zero-order valence-electron chi connectivity index (χ0n) is 28.1. The molecule has 0 bridgehead atoms. The van der Waals surface area contributed by atoms with Crippen LogP contribution in [0.25, 0.3) is 10.2 Å². The Labute approximate surface area is 294 Å². The molecule has 0 fully saturated rings. The molecule has 0 unspecified atom stereocenters. The number of rotatable bonds is 10. The Hall–Kier alpha value is -5.30. The molecule has 0 radical (unpaired) electrons. The molecule has 3 amide bonds. The standard InChI is InChI=1S/C38H40N6O5S/c1-23-19-44(24(2)22-45)38(48)27-9-8-13-31(41-36(47)37-42-30-12-6-7-14-33(30)50-37)34(27)49-32(23)21-43(3)20-25-15-17-26(18-16-25)35(46)40-29-11-5-4-10-28(29)39/h4-18,23-24,32,45H,19-22,39H2,1-3H3,(H,40,46)(H,41,47)/t23-,24+,32+/m1/s1. The molecular weight excluding hydrogens is 653 g/mol. The lowest BCUT2D eigenvalue weighted by molar-refractivity contribution is 0.0343. The van der Waals surface area contributed by atoms with Crippen molar-refractivity contribution in [3.63, 3.8) is 0 Å². The van der Waals surface area contributed by atoms with Crippen LogP contribution in [0.5, 0.6) is 5.75 Å². The maximum absolute atomic E-state index is 13.9. The summed E-state index contributed by atoms with van der Waals surface area (Å²) in [5, 5.41) is 16.1. The van der Waals surface area contributed by atoms with Gasteiger partial charge in [0.05, 0.1) is 45.5 Å². The van der Waals surface area contributed by atoms with Crippen LogP contribution in [-0.2, 0) is 6.54 Å². The molecule has 0 saturated heterocycles. The van der Waals surface area contributed by atoms with Gasteiger partial charge in [-0.3, -0.25) is 19.3 Å². The van der Waals surface area contributed by atoms with Crippen LogP contribution in [0, 0.1) is 5.92 Å². The van der Waals surface area contributed by atoms with Gasteiger partial charge in [-0.05, 0) is 68.1 Å². The fourth-order valence-electron chi connectivity index (χ4n) is 5.96. The van der Waals surface area contributed by atoms with Crippen molar-refractivity contribution in [3.8, 4) is 5.75 Å². The van der Waals surface area contributed by atoms with E-state index in [2.05, 4.69) is 20.5 Å². The van der Waals surface area contributed by atoms with Crippen LogP contribution >= 0.6 is 11.3 Å². The van der Waals surface area contributed by atoms with Crippen LogP contribution in [0.3, 0.4) is 0 Å². The smallest absolute Gasteiger partial charge is 0.284 e. The first-order chi connectivity index (χ1) is 24.1. The summed E-state index contributed by atoms with van der Waals surface area (Å²) in [5.41, 5.74) is 9.94. The molecule has 258 valence electrons. The number of benzene rings is 4. The summed E-state index contributed by atoms with van der Waals surface area (Å²) in [4.78, 5) is 48.4. The van der Waals surface area contributed by atoms with Gasteiger partial charge in [0.15, 0.2) is 10.8 Å². The van der Waals surface area contributed by atoms with Gasteiger partial charge in [0.1, 0.15) is 6.10 Å². The van der Waals surface area contributed by atoms with Gasteiger partial charge in [0, 0.05) is 31.1 Å². The molecule has 3 atom stereocenters.